The second-order valence-electron chi connectivity index (χ2n) is 7.84. The standard InChI is InChI=1S/C25H24N4O4S/c1-15-10-16(2)12-21(11-15)32-14-22-28-29-25(34-22)24(31)27-19-7-5-18(6-8-19)23(30)26-13-20-9-4-17(3)33-20/h4-12H,13-14H2,1-3H3,(H,26,30)(H,27,31). The maximum absolute atomic E-state index is 12.5. The third-order valence-corrected chi connectivity index (χ3v) is 5.74. The van der Waals surface area contributed by atoms with Crippen LogP contribution in [0.15, 0.2) is 59.0 Å². The molecule has 4 rings (SSSR count). The number of carbonyl (C=O) groups excluding carboxylic acids is 2. The van der Waals surface area contributed by atoms with Crippen molar-refractivity contribution in [3.05, 3.63) is 92.8 Å². The summed E-state index contributed by atoms with van der Waals surface area (Å²) in [4.78, 5) is 24.9. The van der Waals surface area contributed by atoms with Gasteiger partial charge in [0.2, 0.25) is 5.01 Å². The van der Waals surface area contributed by atoms with Gasteiger partial charge in [-0.05, 0) is 80.4 Å². The highest BCUT2D eigenvalue weighted by molar-refractivity contribution is 7.13. The zero-order valence-electron chi connectivity index (χ0n) is 19.0. The van der Waals surface area contributed by atoms with Crippen LogP contribution in [-0.4, -0.2) is 22.0 Å². The summed E-state index contributed by atoms with van der Waals surface area (Å²) in [6.45, 7) is 6.40. The molecule has 2 N–H and O–H groups in total. The predicted molar refractivity (Wildman–Crippen MR) is 129 cm³/mol. The maximum atomic E-state index is 12.5. The number of benzene rings is 2. The first-order valence-corrected chi connectivity index (χ1v) is 11.5. The monoisotopic (exact) mass is 476 g/mol. The van der Waals surface area contributed by atoms with E-state index in [1.54, 1.807) is 24.3 Å². The van der Waals surface area contributed by atoms with E-state index in [9.17, 15) is 9.59 Å². The van der Waals surface area contributed by atoms with Crippen LogP contribution in [0, 0.1) is 20.8 Å². The second kappa shape index (κ2) is 10.3. The fourth-order valence-corrected chi connectivity index (χ4v) is 3.95. The van der Waals surface area contributed by atoms with E-state index < -0.39 is 0 Å². The minimum atomic E-state index is -0.374. The van der Waals surface area contributed by atoms with Crippen molar-refractivity contribution in [1.29, 1.82) is 0 Å². The van der Waals surface area contributed by atoms with Crippen molar-refractivity contribution in [3.63, 3.8) is 0 Å². The first-order valence-electron chi connectivity index (χ1n) is 10.6. The summed E-state index contributed by atoms with van der Waals surface area (Å²) >= 11 is 1.17. The lowest BCUT2D eigenvalue weighted by atomic mass is 10.1. The number of carbonyl (C=O) groups is 2. The van der Waals surface area contributed by atoms with Gasteiger partial charge in [-0.15, -0.1) is 10.2 Å². The summed E-state index contributed by atoms with van der Waals surface area (Å²) in [5.74, 6) is 1.62. The molecule has 0 spiro atoms. The van der Waals surface area contributed by atoms with Crippen molar-refractivity contribution in [2.75, 3.05) is 5.32 Å². The van der Waals surface area contributed by atoms with Gasteiger partial charge in [-0.25, -0.2) is 0 Å². The Morgan fingerprint density at radius 1 is 0.941 bits per heavy atom. The summed E-state index contributed by atoms with van der Waals surface area (Å²) in [5, 5.41) is 14.4. The van der Waals surface area contributed by atoms with E-state index in [0.717, 1.165) is 22.6 Å². The molecule has 2 amide bonds. The number of anilines is 1. The smallest absolute Gasteiger partial charge is 0.286 e. The predicted octanol–water partition coefficient (Wildman–Crippen LogP) is 4.82. The lowest BCUT2D eigenvalue weighted by Crippen LogP contribution is -2.22. The minimum absolute atomic E-state index is 0.231. The Hall–Kier alpha value is -3.98. The minimum Gasteiger partial charge on any atom is -0.486 e. The van der Waals surface area contributed by atoms with Crippen LogP contribution in [0.1, 0.15) is 47.8 Å². The Bertz CT molecular complexity index is 1290. The molecule has 2 aromatic heterocycles. The van der Waals surface area contributed by atoms with Gasteiger partial charge in [0, 0.05) is 11.3 Å². The van der Waals surface area contributed by atoms with Crippen LogP contribution in [0.3, 0.4) is 0 Å². The average Bonchev–Trinajstić information content (AvgIpc) is 3.45. The van der Waals surface area contributed by atoms with Crippen LogP contribution >= 0.6 is 11.3 Å². The number of amides is 2. The van der Waals surface area contributed by atoms with Crippen molar-refractivity contribution in [1.82, 2.24) is 15.5 Å². The molecule has 0 bridgehead atoms. The van der Waals surface area contributed by atoms with Gasteiger partial charge in [-0.1, -0.05) is 17.4 Å². The SMILES string of the molecule is Cc1cc(C)cc(OCc2nnc(C(=O)Nc3ccc(C(=O)NCc4ccc(C)o4)cc3)s2)c1. The van der Waals surface area contributed by atoms with Crippen molar-refractivity contribution in [3.8, 4) is 5.75 Å². The Balaban J connectivity index is 1.29. The van der Waals surface area contributed by atoms with E-state index in [-0.39, 0.29) is 23.4 Å². The van der Waals surface area contributed by atoms with Gasteiger partial charge in [0.25, 0.3) is 11.8 Å². The highest BCUT2D eigenvalue weighted by Gasteiger charge is 2.14. The largest absolute Gasteiger partial charge is 0.486 e. The molecule has 0 aliphatic rings. The molecule has 9 heteroatoms. The summed E-state index contributed by atoms with van der Waals surface area (Å²) < 4.78 is 11.2. The van der Waals surface area contributed by atoms with Crippen molar-refractivity contribution in [2.24, 2.45) is 0 Å². The van der Waals surface area contributed by atoms with Crippen LogP contribution in [-0.2, 0) is 13.2 Å². The van der Waals surface area contributed by atoms with Crippen LogP contribution in [0.25, 0.3) is 0 Å². The number of rotatable bonds is 8. The molecule has 0 saturated heterocycles. The fourth-order valence-electron chi connectivity index (χ4n) is 3.30. The van der Waals surface area contributed by atoms with Gasteiger partial charge in [0.15, 0.2) is 5.01 Å². The lowest BCUT2D eigenvalue weighted by Gasteiger charge is -2.06. The third-order valence-electron chi connectivity index (χ3n) is 4.84. The van der Waals surface area contributed by atoms with Gasteiger partial charge in [-0.3, -0.25) is 9.59 Å². The first kappa shape index (κ1) is 23.2. The van der Waals surface area contributed by atoms with Gasteiger partial charge >= 0.3 is 0 Å². The summed E-state index contributed by atoms with van der Waals surface area (Å²) in [6.07, 6.45) is 0. The van der Waals surface area contributed by atoms with Crippen LogP contribution < -0.4 is 15.4 Å². The maximum Gasteiger partial charge on any atom is 0.286 e. The molecule has 0 atom stereocenters. The molecule has 0 radical (unpaired) electrons. The van der Waals surface area contributed by atoms with Crippen molar-refractivity contribution < 1.29 is 18.7 Å². The normalized spacial score (nSPS) is 10.7. The van der Waals surface area contributed by atoms with Gasteiger partial charge in [-0.2, -0.15) is 0 Å². The Kier molecular flexibility index (Phi) is 7.03. The van der Waals surface area contributed by atoms with Crippen LogP contribution in [0.4, 0.5) is 5.69 Å². The quantitative estimate of drug-likeness (QED) is 0.378. The van der Waals surface area contributed by atoms with E-state index in [4.69, 9.17) is 9.15 Å². The van der Waals surface area contributed by atoms with Gasteiger partial charge in [0.05, 0.1) is 6.54 Å². The Morgan fingerprint density at radius 2 is 1.68 bits per heavy atom. The molecular formula is C25H24N4O4S. The summed E-state index contributed by atoms with van der Waals surface area (Å²) in [7, 11) is 0. The molecule has 0 saturated carbocycles. The zero-order chi connectivity index (χ0) is 24.1. The Labute approximate surface area is 201 Å². The molecule has 0 unspecified atom stereocenters. The van der Waals surface area contributed by atoms with E-state index in [1.807, 2.05) is 45.0 Å². The Morgan fingerprint density at radius 3 is 2.35 bits per heavy atom. The van der Waals surface area contributed by atoms with Gasteiger partial charge < -0.3 is 19.8 Å². The summed E-state index contributed by atoms with van der Waals surface area (Å²) in [5.41, 5.74) is 3.25. The molecule has 174 valence electrons. The van der Waals surface area contributed by atoms with Gasteiger partial charge in [0.1, 0.15) is 23.9 Å². The van der Waals surface area contributed by atoms with E-state index in [0.29, 0.717) is 28.6 Å². The number of hydrogen-bond donors (Lipinski definition) is 2. The van der Waals surface area contributed by atoms with Crippen LogP contribution in [0.5, 0.6) is 5.75 Å². The summed E-state index contributed by atoms with van der Waals surface area (Å²) in [6, 6.07) is 16.2. The number of furan rings is 1. The first-order chi connectivity index (χ1) is 16.4. The highest BCUT2D eigenvalue weighted by atomic mass is 32.1. The number of nitrogens with zero attached hydrogens (tertiary/aromatic N) is 2. The fraction of sp³-hybridized carbons (Fsp3) is 0.200. The zero-order valence-corrected chi connectivity index (χ0v) is 19.9. The molecule has 0 aliphatic carbocycles. The number of hydrogen-bond acceptors (Lipinski definition) is 7. The molecule has 2 heterocycles. The third kappa shape index (κ3) is 6.08. The lowest BCUT2D eigenvalue weighted by molar-refractivity contribution is 0.0947. The molecular weight excluding hydrogens is 452 g/mol. The van der Waals surface area contributed by atoms with Crippen LogP contribution in [0.2, 0.25) is 0 Å². The molecule has 0 fully saturated rings. The number of aromatic nitrogens is 2. The molecule has 34 heavy (non-hydrogen) atoms. The van der Waals surface area contributed by atoms with E-state index in [1.165, 1.54) is 11.3 Å². The van der Waals surface area contributed by atoms with Crippen molar-refractivity contribution in [2.45, 2.75) is 33.9 Å². The molecule has 8 nitrogen and oxygen atoms in total. The van der Waals surface area contributed by atoms with Crippen molar-refractivity contribution >= 4 is 28.8 Å². The molecule has 0 aliphatic heterocycles. The molecule has 4 aromatic rings. The number of ether oxygens (including phenoxy) is 1. The number of nitrogens with one attached hydrogen (secondary N) is 2. The average molecular weight is 477 g/mol. The highest BCUT2D eigenvalue weighted by Crippen LogP contribution is 2.20. The van der Waals surface area contributed by atoms with E-state index >= 15 is 0 Å². The topological polar surface area (TPSA) is 106 Å². The number of aryl methyl sites for hydroxylation is 3. The van der Waals surface area contributed by atoms with E-state index in [2.05, 4.69) is 26.9 Å². The second-order valence-corrected chi connectivity index (χ2v) is 8.90. The molecule has 2 aromatic carbocycles.